The predicted octanol–water partition coefficient (Wildman–Crippen LogP) is 3.57. The number of amides is 2. The van der Waals surface area contributed by atoms with E-state index in [9.17, 15) is 9.59 Å². The van der Waals surface area contributed by atoms with Crippen LogP contribution in [-0.2, 0) is 17.8 Å². The summed E-state index contributed by atoms with van der Waals surface area (Å²) in [6, 6.07) is 21.0. The van der Waals surface area contributed by atoms with Gasteiger partial charge in [-0.2, -0.15) is 0 Å². The highest BCUT2D eigenvalue weighted by Crippen LogP contribution is 2.46. The zero-order valence-corrected chi connectivity index (χ0v) is 17.4. The fraction of sp³-hybridized carbons (Fsp3) is 0.231. The van der Waals surface area contributed by atoms with E-state index in [0.29, 0.717) is 30.2 Å². The molecule has 3 heterocycles. The molecule has 160 valence electrons. The fourth-order valence-electron chi connectivity index (χ4n) is 5.11. The minimum absolute atomic E-state index is 0.0000704. The van der Waals surface area contributed by atoms with E-state index < -0.39 is 5.92 Å². The molecule has 0 bridgehead atoms. The molecule has 0 unspecified atom stereocenters. The summed E-state index contributed by atoms with van der Waals surface area (Å²) >= 11 is 0. The van der Waals surface area contributed by atoms with E-state index in [4.69, 9.17) is 9.47 Å². The molecule has 0 aliphatic carbocycles. The van der Waals surface area contributed by atoms with Crippen LogP contribution in [0, 0.1) is 0 Å². The predicted molar refractivity (Wildman–Crippen MR) is 118 cm³/mol. The number of rotatable bonds is 3. The van der Waals surface area contributed by atoms with E-state index in [2.05, 4.69) is 11.4 Å². The Hall–Kier alpha value is -3.80. The number of hydrogen-bond donors (Lipinski definition) is 1. The molecule has 0 saturated carbocycles. The fourth-order valence-corrected chi connectivity index (χ4v) is 5.11. The lowest BCUT2D eigenvalue weighted by molar-refractivity contribution is -0.124. The Bertz CT molecular complexity index is 1240. The SMILES string of the molecule is O=C(NCc1ccc2c(c1)OCO2)[C@H]1c2ccccc2C(=O)N2CCc3ccccc3[C@@H]12. The molecule has 0 radical (unpaired) electrons. The molecule has 0 fully saturated rings. The molecule has 3 aliphatic rings. The van der Waals surface area contributed by atoms with Gasteiger partial charge in [0.1, 0.15) is 0 Å². The van der Waals surface area contributed by atoms with Crippen molar-refractivity contribution in [3.05, 3.63) is 94.5 Å². The van der Waals surface area contributed by atoms with Crippen molar-refractivity contribution >= 4 is 11.8 Å². The summed E-state index contributed by atoms with van der Waals surface area (Å²) in [7, 11) is 0. The van der Waals surface area contributed by atoms with E-state index in [1.165, 1.54) is 5.56 Å². The van der Waals surface area contributed by atoms with E-state index in [-0.39, 0.29) is 24.6 Å². The Kier molecular flexibility index (Phi) is 4.38. The number of benzene rings is 3. The van der Waals surface area contributed by atoms with E-state index >= 15 is 0 Å². The van der Waals surface area contributed by atoms with Gasteiger partial charge in [-0.25, -0.2) is 0 Å². The van der Waals surface area contributed by atoms with Crippen molar-refractivity contribution < 1.29 is 19.1 Å². The Labute approximate surface area is 185 Å². The van der Waals surface area contributed by atoms with Gasteiger partial charge in [0.2, 0.25) is 12.7 Å². The second kappa shape index (κ2) is 7.41. The van der Waals surface area contributed by atoms with Gasteiger partial charge in [-0.3, -0.25) is 9.59 Å². The van der Waals surface area contributed by atoms with Gasteiger partial charge in [-0.15, -0.1) is 0 Å². The van der Waals surface area contributed by atoms with Gasteiger partial charge in [0.15, 0.2) is 11.5 Å². The van der Waals surface area contributed by atoms with Gasteiger partial charge in [-0.1, -0.05) is 48.5 Å². The van der Waals surface area contributed by atoms with Crippen molar-refractivity contribution in [2.75, 3.05) is 13.3 Å². The summed E-state index contributed by atoms with van der Waals surface area (Å²) in [5.74, 6) is 0.848. The van der Waals surface area contributed by atoms with Gasteiger partial charge in [0, 0.05) is 18.7 Å². The third kappa shape index (κ3) is 2.94. The summed E-state index contributed by atoms with van der Waals surface area (Å²) in [4.78, 5) is 28.8. The normalized spacial score (nSPS) is 20.2. The van der Waals surface area contributed by atoms with Gasteiger partial charge in [-0.05, 0) is 46.9 Å². The van der Waals surface area contributed by atoms with Crippen LogP contribution in [0.2, 0.25) is 0 Å². The summed E-state index contributed by atoms with van der Waals surface area (Å²) in [5, 5.41) is 3.11. The molecule has 0 saturated heterocycles. The molecule has 1 N–H and O–H groups in total. The minimum Gasteiger partial charge on any atom is -0.454 e. The first-order valence-corrected chi connectivity index (χ1v) is 10.8. The lowest BCUT2D eigenvalue weighted by Crippen LogP contribution is -2.50. The first-order chi connectivity index (χ1) is 15.7. The number of carbonyl (C=O) groups is 2. The smallest absolute Gasteiger partial charge is 0.254 e. The Morgan fingerprint density at radius 2 is 1.75 bits per heavy atom. The zero-order valence-electron chi connectivity index (χ0n) is 17.4. The maximum Gasteiger partial charge on any atom is 0.254 e. The molecule has 3 aromatic carbocycles. The van der Waals surface area contributed by atoms with Crippen LogP contribution in [0.5, 0.6) is 11.5 Å². The third-order valence-corrected chi connectivity index (χ3v) is 6.62. The number of nitrogens with zero attached hydrogens (tertiary/aromatic N) is 1. The van der Waals surface area contributed by atoms with Crippen molar-refractivity contribution in [2.45, 2.75) is 24.9 Å². The molecule has 2 amide bonds. The van der Waals surface area contributed by atoms with Gasteiger partial charge < -0.3 is 19.7 Å². The van der Waals surface area contributed by atoms with Gasteiger partial charge in [0.05, 0.1) is 12.0 Å². The van der Waals surface area contributed by atoms with Crippen molar-refractivity contribution in [1.29, 1.82) is 0 Å². The highest BCUT2D eigenvalue weighted by molar-refractivity contribution is 6.01. The zero-order chi connectivity index (χ0) is 21.7. The van der Waals surface area contributed by atoms with E-state index in [1.807, 2.05) is 65.6 Å². The number of hydrogen-bond acceptors (Lipinski definition) is 4. The van der Waals surface area contributed by atoms with Crippen LogP contribution in [0.15, 0.2) is 66.7 Å². The largest absolute Gasteiger partial charge is 0.454 e. The average Bonchev–Trinajstić information content (AvgIpc) is 3.31. The number of carbonyl (C=O) groups excluding carboxylic acids is 2. The summed E-state index contributed by atoms with van der Waals surface area (Å²) in [6.07, 6.45) is 0.798. The molecule has 0 aromatic heterocycles. The Morgan fingerprint density at radius 3 is 2.66 bits per heavy atom. The molecular weight excluding hydrogens is 404 g/mol. The van der Waals surface area contributed by atoms with Crippen molar-refractivity contribution in [3.63, 3.8) is 0 Å². The minimum atomic E-state index is -0.473. The number of nitrogens with one attached hydrogen (secondary N) is 1. The molecule has 6 nitrogen and oxygen atoms in total. The molecule has 6 rings (SSSR count). The molecule has 0 spiro atoms. The molecule has 3 aromatic rings. The van der Waals surface area contributed by atoms with Crippen LogP contribution in [0.25, 0.3) is 0 Å². The first kappa shape index (κ1) is 18.9. The summed E-state index contributed by atoms with van der Waals surface area (Å²) < 4.78 is 10.8. The number of ether oxygens (including phenoxy) is 2. The van der Waals surface area contributed by atoms with Crippen LogP contribution in [0.4, 0.5) is 0 Å². The molecule has 6 heteroatoms. The summed E-state index contributed by atoms with van der Waals surface area (Å²) in [6.45, 7) is 1.20. The quantitative estimate of drug-likeness (QED) is 0.695. The second-order valence-corrected chi connectivity index (χ2v) is 8.36. The lowest BCUT2D eigenvalue weighted by Gasteiger charge is -2.45. The maximum atomic E-state index is 13.6. The first-order valence-electron chi connectivity index (χ1n) is 10.8. The highest BCUT2D eigenvalue weighted by Gasteiger charge is 2.46. The summed E-state index contributed by atoms with van der Waals surface area (Å²) in [5.41, 5.74) is 4.60. The average molecular weight is 426 g/mol. The van der Waals surface area contributed by atoms with Crippen LogP contribution < -0.4 is 14.8 Å². The standard InChI is InChI=1S/C26H22N2O4/c29-25(27-14-16-9-10-21-22(13-16)32-15-31-21)23-19-7-3-4-8-20(19)26(30)28-12-11-17-5-1-2-6-18(17)24(23)28/h1-10,13,23-24H,11-12,14-15H2,(H,27,29)/t23-,24-/m0/s1. The topological polar surface area (TPSA) is 67.9 Å². The van der Waals surface area contributed by atoms with Crippen LogP contribution in [-0.4, -0.2) is 30.1 Å². The van der Waals surface area contributed by atoms with Crippen molar-refractivity contribution in [1.82, 2.24) is 10.2 Å². The van der Waals surface area contributed by atoms with E-state index in [0.717, 1.165) is 23.1 Å². The van der Waals surface area contributed by atoms with Gasteiger partial charge in [0.25, 0.3) is 5.91 Å². The second-order valence-electron chi connectivity index (χ2n) is 8.36. The lowest BCUT2D eigenvalue weighted by atomic mass is 9.76. The third-order valence-electron chi connectivity index (χ3n) is 6.62. The van der Waals surface area contributed by atoms with Crippen LogP contribution in [0.1, 0.15) is 44.6 Å². The molecule has 3 aliphatic heterocycles. The van der Waals surface area contributed by atoms with Gasteiger partial charge >= 0.3 is 0 Å². The van der Waals surface area contributed by atoms with E-state index in [1.54, 1.807) is 0 Å². The Balaban J connectivity index is 1.35. The Morgan fingerprint density at radius 1 is 0.969 bits per heavy atom. The van der Waals surface area contributed by atoms with Crippen LogP contribution >= 0.6 is 0 Å². The monoisotopic (exact) mass is 426 g/mol. The van der Waals surface area contributed by atoms with Crippen molar-refractivity contribution in [3.8, 4) is 11.5 Å². The van der Waals surface area contributed by atoms with Crippen LogP contribution in [0.3, 0.4) is 0 Å². The molecular formula is C26H22N2O4. The molecule has 32 heavy (non-hydrogen) atoms. The molecule has 2 atom stereocenters. The highest BCUT2D eigenvalue weighted by atomic mass is 16.7. The maximum absolute atomic E-state index is 13.6. The number of fused-ring (bicyclic) bond motifs is 5. The van der Waals surface area contributed by atoms with Crippen molar-refractivity contribution in [2.24, 2.45) is 0 Å².